The Balaban J connectivity index is 1.80. The second-order valence-corrected chi connectivity index (χ2v) is 5.48. The molecule has 0 bridgehead atoms. The van der Waals surface area contributed by atoms with Gasteiger partial charge in [-0.1, -0.05) is 18.8 Å². The highest BCUT2D eigenvalue weighted by molar-refractivity contribution is 5.95. The predicted molar refractivity (Wildman–Crippen MR) is 82.7 cm³/mol. The minimum atomic E-state index is 0.0648. The maximum atomic E-state index is 11.2. The fourth-order valence-electron chi connectivity index (χ4n) is 2.54. The van der Waals surface area contributed by atoms with Crippen LogP contribution in [0.2, 0.25) is 0 Å². The summed E-state index contributed by atoms with van der Waals surface area (Å²) in [6.07, 6.45) is 8.91. The molecule has 0 amide bonds. The van der Waals surface area contributed by atoms with Gasteiger partial charge in [0.1, 0.15) is 0 Å². The smallest absolute Gasteiger partial charge is 0.205 e. The monoisotopic (exact) mass is 279 g/mol. The first-order valence-electron chi connectivity index (χ1n) is 8.08. The summed E-state index contributed by atoms with van der Waals surface area (Å²) in [6, 6.07) is 0. The van der Waals surface area contributed by atoms with E-state index in [0.717, 1.165) is 38.9 Å². The number of carbonyl (C=O) groups is 1. The van der Waals surface area contributed by atoms with Gasteiger partial charge >= 0.3 is 0 Å². The number of unbranched alkanes of at least 4 members (excludes halogenated alkanes) is 2. The largest absolute Gasteiger partial charge is 0.381 e. The molecule has 0 N–H and O–H groups in total. The minimum absolute atomic E-state index is 0.0648. The Hall–Kier alpha value is -0.850. The number of Topliss-reactive ketones (excluding diaryl/α,β-unsaturated/α-hetero) is 1. The Kier molecular flexibility index (Phi) is 10.3. The zero-order chi connectivity index (χ0) is 14.5. The average Bonchev–Trinajstić information content (AvgIpc) is 2.47. The van der Waals surface area contributed by atoms with Crippen molar-refractivity contribution < 1.29 is 9.53 Å². The summed E-state index contributed by atoms with van der Waals surface area (Å²) < 4.78 is 5.64. The molecule has 0 atom stereocenters. The maximum Gasteiger partial charge on any atom is 0.205 e. The molecule has 0 saturated carbocycles. The third-order valence-electron chi connectivity index (χ3n) is 3.67. The van der Waals surface area contributed by atoms with Gasteiger partial charge in [-0.15, -0.1) is 0 Å². The van der Waals surface area contributed by atoms with Crippen LogP contribution in [0.1, 0.15) is 58.3 Å². The van der Waals surface area contributed by atoms with Gasteiger partial charge in [0.2, 0.25) is 5.78 Å². The molecule has 1 aliphatic rings. The highest BCUT2D eigenvalue weighted by atomic mass is 16.5. The second kappa shape index (κ2) is 11.9. The molecule has 1 heterocycles. The lowest BCUT2D eigenvalue weighted by atomic mass is 10.1. The van der Waals surface area contributed by atoms with Gasteiger partial charge in [0.15, 0.2) is 0 Å². The molecule has 3 nitrogen and oxygen atoms in total. The van der Waals surface area contributed by atoms with Crippen molar-refractivity contribution in [3.8, 4) is 11.8 Å². The number of ether oxygens (including phenoxy) is 1. The first kappa shape index (κ1) is 17.2. The Bertz CT molecular complexity index is 311. The van der Waals surface area contributed by atoms with Crippen LogP contribution in [-0.2, 0) is 9.53 Å². The fraction of sp³-hybridized carbons (Fsp3) is 0.824. The molecule has 114 valence electrons. The van der Waals surface area contributed by atoms with E-state index in [1.807, 2.05) is 0 Å². The average molecular weight is 279 g/mol. The molecule has 0 unspecified atom stereocenters. The lowest BCUT2D eigenvalue weighted by molar-refractivity contribution is -0.113. The molecule has 20 heavy (non-hydrogen) atoms. The molecule has 0 aromatic carbocycles. The van der Waals surface area contributed by atoms with Crippen LogP contribution in [0.5, 0.6) is 0 Å². The molecule has 0 aromatic rings. The number of piperidine rings is 1. The Morgan fingerprint density at radius 3 is 2.55 bits per heavy atom. The number of hydrogen-bond donors (Lipinski definition) is 0. The summed E-state index contributed by atoms with van der Waals surface area (Å²) in [5.41, 5.74) is 0. The van der Waals surface area contributed by atoms with E-state index < -0.39 is 0 Å². The first-order valence-corrected chi connectivity index (χ1v) is 8.08. The standard InChI is InChI=1S/C17H29NO2/c1-2-10-17(19)11-5-3-8-15-20-16-9-14-18-12-6-4-7-13-18/h3-9,11-16H2,1H3. The molecule has 1 rings (SSSR count). The summed E-state index contributed by atoms with van der Waals surface area (Å²) in [5.74, 6) is 5.28. The third kappa shape index (κ3) is 9.12. The van der Waals surface area contributed by atoms with Crippen LogP contribution in [0.15, 0.2) is 0 Å². The molecular weight excluding hydrogens is 250 g/mol. The number of rotatable bonds is 10. The van der Waals surface area contributed by atoms with E-state index >= 15 is 0 Å². The number of nitrogens with zero attached hydrogens (tertiary/aromatic N) is 1. The first-order chi connectivity index (χ1) is 9.83. The molecule has 1 fully saturated rings. The third-order valence-corrected chi connectivity index (χ3v) is 3.67. The van der Waals surface area contributed by atoms with Crippen LogP contribution in [0, 0.1) is 11.8 Å². The van der Waals surface area contributed by atoms with E-state index in [9.17, 15) is 4.79 Å². The number of likely N-dealkylation sites (tertiary alicyclic amines) is 1. The van der Waals surface area contributed by atoms with Gasteiger partial charge in [-0.3, -0.25) is 4.79 Å². The fourth-order valence-corrected chi connectivity index (χ4v) is 2.54. The zero-order valence-electron chi connectivity index (χ0n) is 13.0. The van der Waals surface area contributed by atoms with E-state index in [-0.39, 0.29) is 5.78 Å². The van der Waals surface area contributed by atoms with Crippen LogP contribution in [0.25, 0.3) is 0 Å². The lowest BCUT2D eigenvalue weighted by Crippen LogP contribution is -2.31. The van der Waals surface area contributed by atoms with Crippen molar-refractivity contribution in [1.29, 1.82) is 0 Å². The minimum Gasteiger partial charge on any atom is -0.381 e. The quantitative estimate of drug-likeness (QED) is 0.350. The van der Waals surface area contributed by atoms with Crippen molar-refractivity contribution >= 4 is 5.78 Å². The van der Waals surface area contributed by atoms with Gasteiger partial charge in [-0.05, 0) is 58.0 Å². The van der Waals surface area contributed by atoms with Crippen LogP contribution in [0.4, 0.5) is 0 Å². The molecule has 0 aliphatic carbocycles. The number of ketones is 1. The van der Waals surface area contributed by atoms with Gasteiger partial charge in [0.05, 0.1) is 0 Å². The maximum absolute atomic E-state index is 11.2. The van der Waals surface area contributed by atoms with Crippen molar-refractivity contribution in [3.63, 3.8) is 0 Å². The lowest BCUT2D eigenvalue weighted by Gasteiger charge is -2.26. The van der Waals surface area contributed by atoms with Crippen molar-refractivity contribution in [2.24, 2.45) is 0 Å². The van der Waals surface area contributed by atoms with E-state index in [1.165, 1.54) is 38.9 Å². The molecule has 0 spiro atoms. The number of hydrogen-bond acceptors (Lipinski definition) is 3. The highest BCUT2D eigenvalue weighted by Gasteiger charge is 2.08. The molecule has 0 aromatic heterocycles. The van der Waals surface area contributed by atoms with Gasteiger partial charge in [0.25, 0.3) is 0 Å². The summed E-state index contributed by atoms with van der Waals surface area (Å²) in [6.45, 7) is 7.13. The molecule has 0 radical (unpaired) electrons. The van der Waals surface area contributed by atoms with Gasteiger partial charge < -0.3 is 9.64 Å². The Morgan fingerprint density at radius 2 is 1.80 bits per heavy atom. The van der Waals surface area contributed by atoms with E-state index in [2.05, 4.69) is 16.7 Å². The Labute approximate surface area is 124 Å². The van der Waals surface area contributed by atoms with Gasteiger partial charge in [0, 0.05) is 26.2 Å². The summed E-state index contributed by atoms with van der Waals surface area (Å²) in [7, 11) is 0. The summed E-state index contributed by atoms with van der Waals surface area (Å²) >= 11 is 0. The van der Waals surface area contributed by atoms with Crippen LogP contribution >= 0.6 is 0 Å². The van der Waals surface area contributed by atoms with E-state index in [4.69, 9.17) is 4.74 Å². The predicted octanol–water partition coefficient (Wildman–Crippen LogP) is 3.03. The SMILES string of the molecule is CC#CC(=O)CCCCCOCCCN1CCCCC1. The molecule has 1 saturated heterocycles. The number of carbonyl (C=O) groups excluding carboxylic acids is 1. The molecule has 3 heteroatoms. The zero-order valence-corrected chi connectivity index (χ0v) is 13.0. The Morgan fingerprint density at radius 1 is 1.05 bits per heavy atom. The van der Waals surface area contributed by atoms with E-state index in [1.54, 1.807) is 6.92 Å². The van der Waals surface area contributed by atoms with Crippen LogP contribution in [0.3, 0.4) is 0 Å². The van der Waals surface area contributed by atoms with Crippen molar-refractivity contribution in [2.45, 2.75) is 58.3 Å². The van der Waals surface area contributed by atoms with Crippen molar-refractivity contribution in [1.82, 2.24) is 4.90 Å². The normalized spacial score (nSPS) is 15.7. The molecular formula is C17H29NO2. The second-order valence-electron chi connectivity index (χ2n) is 5.48. The van der Waals surface area contributed by atoms with Crippen molar-refractivity contribution in [2.75, 3.05) is 32.8 Å². The molecule has 1 aliphatic heterocycles. The highest BCUT2D eigenvalue weighted by Crippen LogP contribution is 2.08. The summed E-state index contributed by atoms with van der Waals surface area (Å²) in [4.78, 5) is 13.7. The van der Waals surface area contributed by atoms with Gasteiger partial charge in [-0.2, -0.15) is 0 Å². The topological polar surface area (TPSA) is 29.5 Å². The van der Waals surface area contributed by atoms with Crippen molar-refractivity contribution in [3.05, 3.63) is 0 Å². The van der Waals surface area contributed by atoms with Crippen LogP contribution < -0.4 is 0 Å². The van der Waals surface area contributed by atoms with Gasteiger partial charge in [-0.25, -0.2) is 0 Å². The van der Waals surface area contributed by atoms with Crippen LogP contribution in [-0.4, -0.2) is 43.5 Å². The summed E-state index contributed by atoms with van der Waals surface area (Å²) in [5, 5.41) is 0. The van der Waals surface area contributed by atoms with E-state index in [0.29, 0.717) is 6.42 Å².